The highest BCUT2D eigenvalue weighted by Crippen LogP contribution is 2.29. The number of methoxy groups -OCH3 is 1. The van der Waals surface area contributed by atoms with Crippen LogP contribution in [0.3, 0.4) is 0 Å². The molecule has 1 N–H and O–H groups in total. The van der Waals surface area contributed by atoms with Gasteiger partial charge in [-0.3, -0.25) is 4.90 Å². The van der Waals surface area contributed by atoms with Crippen molar-refractivity contribution in [3.8, 4) is 5.75 Å². The highest BCUT2D eigenvalue weighted by atomic mass is 35.5. The van der Waals surface area contributed by atoms with Gasteiger partial charge in [-0.1, -0.05) is 17.7 Å². The summed E-state index contributed by atoms with van der Waals surface area (Å²) in [5, 5.41) is 4.07. The summed E-state index contributed by atoms with van der Waals surface area (Å²) in [6.45, 7) is 4.29. The predicted octanol–water partition coefficient (Wildman–Crippen LogP) is 2.78. The quantitative estimate of drug-likeness (QED) is 0.899. The monoisotopic (exact) mass is 282 g/mol. The molecule has 4 heteroatoms. The van der Waals surface area contributed by atoms with Gasteiger partial charge in [0.2, 0.25) is 0 Å². The summed E-state index contributed by atoms with van der Waals surface area (Å²) < 4.78 is 5.41. The average molecular weight is 283 g/mol. The normalized spacial score (nSPS) is 17.6. The minimum atomic E-state index is 0.802. The molecule has 1 aliphatic rings. The topological polar surface area (TPSA) is 24.5 Å². The van der Waals surface area contributed by atoms with Crippen LogP contribution in [0.1, 0.15) is 18.4 Å². The molecule has 19 heavy (non-hydrogen) atoms. The van der Waals surface area contributed by atoms with Crippen LogP contribution in [0.4, 0.5) is 0 Å². The first-order chi connectivity index (χ1) is 9.24. The zero-order chi connectivity index (χ0) is 13.7. The van der Waals surface area contributed by atoms with Crippen molar-refractivity contribution in [2.45, 2.75) is 19.4 Å². The van der Waals surface area contributed by atoms with E-state index < -0.39 is 0 Å². The van der Waals surface area contributed by atoms with Gasteiger partial charge in [0.1, 0.15) is 5.75 Å². The smallest absolute Gasteiger partial charge is 0.124 e. The number of halogens is 1. The molecule has 3 nitrogen and oxygen atoms in total. The van der Waals surface area contributed by atoms with Gasteiger partial charge in [-0.15, -0.1) is 0 Å². The fraction of sp³-hybridized carbons (Fsp3) is 0.600. The Hall–Kier alpha value is -0.770. The standard InChI is InChI=1S/C15H23ClN2O/c1-17-10-12-6-8-18(9-7-12)11-13-14(16)4-3-5-15(13)19-2/h3-5,12,17H,6-11H2,1-2H3. The third-order valence-corrected chi connectivity index (χ3v) is 4.23. The molecule has 1 fully saturated rings. The molecule has 0 atom stereocenters. The highest BCUT2D eigenvalue weighted by Gasteiger charge is 2.20. The lowest BCUT2D eigenvalue weighted by Gasteiger charge is -2.32. The lowest BCUT2D eigenvalue weighted by molar-refractivity contribution is 0.175. The molecule has 1 aromatic rings. The van der Waals surface area contributed by atoms with E-state index in [1.54, 1.807) is 7.11 Å². The molecule has 1 aliphatic heterocycles. The van der Waals surface area contributed by atoms with E-state index in [1.165, 1.54) is 12.8 Å². The molecule has 0 unspecified atom stereocenters. The summed E-state index contributed by atoms with van der Waals surface area (Å²) in [6.07, 6.45) is 2.52. The zero-order valence-electron chi connectivity index (χ0n) is 11.8. The summed E-state index contributed by atoms with van der Waals surface area (Å²) >= 11 is 6.29. The molecule has 106 valence electrons. The van der Waals surface area contributed by atoms with Crippen LogP contribution in [0.5, 0.6) is 5.75 Å². The van der Waals surface area contributed by atoms with Crippen LogP contribution < -0.4 is 10.1 Å². The van der Waals surface area contributed by atoms with Gasteiger partial charge in [-0.2, -0.15) is 0 Å². The predicted molar refractivity (Wildman–Crippen MR) is 79.9 cm³/mol. The Labute approximate surface area is 120 Å². The Kier molecular flexibility index (Phi) is 5.49. The molecular formula is C15H23ClN2O. The van der Waals surface area contributed by atoms with Crippen LogP contribution in [0.25, 0.3) is 0 Å². The second-order valence-electron chi connectivity index (χ2n) is 5.20. The van der Waals surface area contributed by atoms with E-state index in [2.05, 4.69) is 10.2 Å². The second-order valence-corrected chi connectivity index (χ2v) is 5.61. The van der Waals surface area contributed by atoms with Crippen LogP contribution in [0.15, 0.2) is 18.2 Å². The van der Waals surface area contributed by atoms with Crippen LogP contribution in [0, 0.1) is 5.92 Å². The molecule has 1 aromatic carbocycles. The summed E-state index contributed by atoms with van der Waals surface area (Å²) in [5.41, 5.74) is 1.11. The van der Waals surface area contributed by atoms with Crippen molar-refractivity contribution in [3.05, 3.63) is 28.8 Å². The van der Waals surface area contributed by atoms with Gasteiger partial charge in [-0.05, 0) is 57.6 Å². The molecule has 0 aromatic heterocycles. The zero-order valence-corrected chi connectivity index (χ0v) is 12.5. The first kappa shape index (κ1) is 14.6. The van der Waals surface area contributed by atoms with E-state index in [4.69, 9.17) is 16.3 Å². The van der Waals surface area contributed by atoms with E-state index in [0.29, 0.717) is 0 Å². The van der Waals surface area contributed by atoms with Gasteiger partial charge >= 0.3 is 0 Å². The minimum Gasteiger partial charge on any atom is -0.496 e. The Balaban J connectivity index is 1.96. The SMILES string of the molecule is CNCC1CCN(Cc2c(Cl)cccc2OC)CC1. The van der Waals surface area contributed by atoms with Gasteiger partial charge in [0, 0.05) is 17.1 Å². The minimum absolute atomic E-state index is 0.802. The number of hydrogen-bond acceptors (Lipinski definition) is 3. The van der Waals surface area contributed by atoms with E-state index >= 15 is 0 Å². The summed E-state index contributed by atoms with van der Waals surface area (Å²) in [5.74, 6) is 1.71. The van der Waals surface area contributed by atoms with Gasteiger partial charge in [0.05, 0.1) is 7.11 Å². The number of rotatable bonds is 5. The third-order valence-electron chi connectivity index (χ3n) is 3.88. The van der Waals surface area contributed by atoms with Gasteiger partial charge < -0.3 is 10.1 Å². The number of piperidine rings is 1. The molecule has 0 bridgehead atoms. The number of benzene rings is 1. The van der Waals surface area contributed by atoms with Crippen LogP contribution >= 0.6 is 11.6 Å². The number of nitrogens with one attached hydrogen (secondary N) is 1. The van der Waals surface area contributed by atoms with Crippen LogP contribution in [-0.2, 0) is 6.54 Å². The van der Waals surface area contributed by atoms with Gasteiger partial charge in [0.25, 0.3) is 0 Å². The highest BCUT2D eigenvalue weighted by molar-refractivity contribution is 6.31. The van der Waals surface area contributed by atoms with Crippen molar-refractivity contribution in [2.24, 2.45) is 5.92 Å². The van der Waals surface area contributed by atoms with Crippen molar-refractivity contribution in [3.63, 3.8) is 0 Å². The van der Waals surface area contributed by atoms with Crippen LogP contribution in [0.2, 0.25) is 5.02 Å². The van der Waals surface area contributed by atoms with Crippen molar-refractivity contribution in [2.75, 3.05) is 33.8 Å². The Morgan fingerprint density at radius 2 is 2.11 bits per heavy atom. The molecular weight excluding hydrogens is 260 g/mol. The molecule has 0 amide bonds. The second kappa shape index (κ2) is 7.13. The van der Waals surface area contributed by atoms with Crippen molar-refractivity contribution in [1.82, 2.24) is 10.2 Å². The maximum Gasteiger partial charge on any atom is 0.124 e. The fourth-order valence-corrected chi connectivity index (χ4v) is 2.97. The first-order valence-corrected chi connectivity index (χ1v) is 7.30. The lowest BCUT2D eigenvalue weighted by Crippen LogP contribution is -2.36. The Morgan fingerprint density at radius 1 is 1.37 bits per heavy atom. The van der Waals surface area contributed by atoms with E-state index in [0.717, 1.165) is 48.4 Å². The molecule has 0 radical (unpaired) electrons. The average Bonchev–Trinajstić information content (AvgIpc) is 2.43. The lowest BCUT2D eigenvalue weighted by atomic mass is 9.96. The summed E-state index contributed by atoms with van der Waals surface area (Å²) in [4.78, 5) is 2.47. The third kappa shape index (κ3) is 3.85. The summed E-state index contributed by atoms with van der Waals surface area (Å²) in [7, 11) is 3.73. The number of nitrogens with zero attached hydrogens (tertiary/aromatic N) is 1. The number of likely N-dealkylation sites (tertiary alicyclic amines) is 1. The van der Waals surface area contributed by atoms with Gasteiger partial charge in [0.15, 0.2) is 0 Å². The van der Waals surface area contributed by atoms with Gasteiger partial charge in [-0.25, -0.2) is 0 Å². The Morgan fingerprint density at radius 3 is 2.74 bits per heavy atom. The van der Waals surface area contributed by atoms with E-state index in [1.807, 2.05) is 25.2 Å². The fourth-order valence-electron chi connectivity index (χ4n) is 2.74. The number of ether oxygens (including phenoxy) is 1. The van der Waals surface area contributed by atoms with Crippen molar-refractivity contribution in [1.29, 1.82) is 0 Å². The molecule has 1 heterocycles. The van der Waals surface area contributed by atoms with E-state index in [-0.39, 0.29) is 0 Å². The maximum absolute atomic E-state index is 6.29. The van der Waals surface area contributed by atoms with Crippen molar-refractivity contribution < 1.29 is 4.74 Å². The van der Waals surface area contributed by atoms with Crippen LogP contribution in [-0.4, -0.2) is 38.7 Å². The molecule has 1 saturated heterocycles. The van der Waals surface area contributed by atoms with Crippen molar-refractivity contribution >= 4 is 11.6 Å². The molecule has 0 spiro atoms. The molecule has 2 rings (SSSR count). The van der Waals surface area contributed by atoms with E-state index in [9.17, 15) is 0 Å². The molecule has 0 aliphatic carbocycles. The number of hydrogen-bond donors (Lipinski definition) is 1. The summed E-state index contributed by atoms with van der Waals surface area (Å²) in [6, 6.07) is 5.85. The largest absolute Gasteiger partial charge is 0.496 e. The maximum atomic E-state index is 6.29. The Bertz CT molecular complexity index is 403. The first-order valence-electron chi connectivity index (χ1n) is 6.93. The molecule has 0 saturated carbocycles.